The van der Waals surface area contributed by atoms with Gasteiger partial charge in [0.1, 0.15) is 0 Å². The lowest BCUT2D eigenvalue weighted by molar-refractivity contribution is 0.512. The van der Waals surface area contributed by atoms with E-state index in [1.165, 1.54) is 16.7 Å². The average Bonchev–Trinajstić information content (AvgIpc) is 2.75. The van der Waals surface area contributed by atoms with Crippen LogP contribution in [-0.4, -0.2) is 19.1 Å². The van der Waals surface area contributed by atoms with Crippen molar-refractivity contribution in [3.8, 4) is 0 Å². The highest BCUT2D eigenvalue weighted by Crippen LogP contribution is 2.25. The van der Waals surface area contributed by atoms with Gasteiger partial charge in [-0.15, -0.1) is 0 Å². The Hall–Kier alpha value is -0.900. The molecule has 1 fully saturated rings. The number of hydrazine groups is 1. The second-order valence-corrected chi connectivity index (χ2v) is 4.94. The fourth-order valence-corrected chi connectivity index (χ4v) is 2.50. The molecule has 0 saturated carbocycles. The second kappa shape index (κ2) is 5.63. The molecule has 2 unspecified atom stereocenters. The monoisotopic (exact) mass is 233 g/mol. The van der Waals surface area contributed by atoms with Crippen LogP contribution in [0.4, 0.5) is 0 Å². The smallest absolute Gasteiger partial charge is 0.0480 e. The molecule has 1 aliphatic rings. The van der Waals surface area contributed by atoms with Crippen LogP contribution in [-0.2, 0) is 0 Å². The van der Waals surface area contributed by atoms with Crippen molar-refractivity contribution in [1.29, 1.82) is 0 Å². The van der Waals surface area contributed by atoms with Crippen LogP contribution in [0.5, 0.6) is 0 Å². The van der Waals surface area contributed by atoms with E-state index < -0.39 is 0 Å². The molecule has 1 aliphatic heterocycles. The summed E-state index contributed by atoms with van der Waals surface area (Å²) in [6, 6.07) is 7.68. The topological polar surface area (TPSA) is 36.1 Å². The Morgan fingerprint density at radius 1 is 1.29 bits per heavy atom. The number of benzene rings is 1. The van der Waals surface area contributed by atoms with Crippen LogP contribution in [0.25, 0.3) is 0 Å². The standard InChI is InChI=1S/C14H23N3/c1-4-15-9-12-8-14(17-16-12)13-6-5-10(2)7-11(13)3/h5-7,12,14-17H,4,8-9H2,1-3H3. The maximum absolute atomic E-state index is 3.40. The largest absolute Gasteiger partial charge is 0.315 e. The minimum absolute atomic E-state index is 0.444. The molecule has 0 amide bonds. The fraction of sp³-hybridized carbons (Fsp3) is 0.571. The van der Waals surface area contributed by atoms with Gasteiger partial charge in [-0.05, 0) is 37.9 Å². The van der Waals surface area contributed by atoms with Crippen molar-refractivity contribution >= 4 is 0 Å². The summed E-state index contributed by atoms with van der Waals surface area (Å²) in [6.45, 7) is 8.55. The van der Waals surface area contributed by atoms with Crippen molar-refractivity contribution in [2.45, 2.75) is 39.3 Å². The van der Waals surface area contributed by atoms with Crippen LogP contribution in [0.15, 0.2) is 18.2 Å². The summed E-state index contributed by atoms with van der Waals surface area (Å²) in [5.74, 6) is 0. The third kappa shape index (κ3) is 3.06. The lowest BCUT2D eigenvalue weighted by atomic mass is 9.96. The van der Waals surface area contributed by atoms with Crippen molar-refractivity contribution in [1.82, 2.24) is 16.2 Å². The van der Waals surface area contributed by atoms with Crippen LogP contribution < -0.4 is 16.2 Å². The molecule has 0 radical (unpaired) electrons. The predicted molar refractivity (Wildman–Crippen MR) is 71.9 cm³/mol. The Labute approximate surface area is 104 Å². The number of hydrogen-bond acceptors (Lipinski definition) is 3. The molecule has 3 nitrogen and oxygen atoms in total. The quantitative estimate of drug-likeness (QED) is 0.742. The molecule has 1 saturated heterocycles. The summed E-state index contributed by atoms with van der Waals surface area (Å²) in [7, 11) is 0. The number of rotatable bonds is 4. The minimum atomic E-state index is 0.444. The molecular weight excluding hydrogens is 210 g/mol. The normalized spacial score (nSPS) is 24.2. The Balaban J connectivity index is 2.00. The van der Waals surface area contributed by atoms with Crippen molar-refractivity contribution in [2.75, 3.05) is 13.1 Å². The SMILES string of the molecule is CCNCC1CC(c2ccc(C)cc2C)NN1. The van der Waals surface area contributed by atoms with Gasteiger partial charge in [-0.2, -0.15) is 0 Å². The van der Waals surface area contributed by atoms with E-state index >= 15 is 0 Å². The van der Waals surface area contributed by atoms with E-state index in [1.807, 2.05) is 0 Å². The molecule has 0 bridgehead atoms. The summed E-state index contributed by atoms with van der Waals surface area (Å²) < 4.78 is 0. The lowest BCUT2D eigenvalue weighted by Crippen LogP contribution is -2.37. The lowest BCUT2D eigenvalue weighted by Gasteiger charge is -2.13. The highest BCUT2D eigenvalue weighted by molar-refractivity contribution is 5.33. The van der Waals surface area contributed by atoms with Crippen LogP contribution in [0.3, 0.4) is 0 Å². The first-order valence-corrected chi connectivity index (χ1v) is 6.49. The van der Waals surface area contributed by atoms with Crippen molar-refractivity contribution in [3.05, 3.63) is 34.9 Å². The zero-order valence-corrected chi connectivity index (χ0v) is 11.0. The van der Waals surface area contributed by atoms with E-state index in [1.54, 1.807) is 0 Å². The highest BCUT2D eigenvalue weighted by atomic mass is 15.4. The molecule has 3 N–H and O–H groups in total. The highest BCUT2D eigenvalue weighted by Gasteiger charge is 2.25. The molecule has 2 atom stereocenters. The first-order valence-electron chi connectivity index (χ1n) is 6.49. The number of hydrogen-bond donors (Lipinski definition) is 3. The summed E-state index contributed by atoms with van der Waals surface area (Å²) in [6.07, 6.45) is 1.15. The van der Waals surface area contributed by atoms with Gasteiger partial charge in [0, 0.05) is 18.6 Å². The third-order valence-electron chi connectivity index (χ3n) is 3.42. The van der Waals surface area contributed by atoms with Gasteiger partial charge in [-0.1, -0.05) is 30.7 Å². The van der Waals surface area contributed by atoms with Gasteiger partial charge in [-0.25, -0.2) is 5.43 Å². The van der Waals surface area contributed by atoms with E-state index in [0.29, 0.717) is 12.1 Å². The summed E-state index contributed by atoms with van der Waals surface area (Å²) >= 11 is 0. The molecule has 94 valence electrons. The van der Waals surface area contributed by atoms with Crippen LogP contribution >= 0.6 is 0 Å². The van der Waals surface area contributed by atoms with Gasteiger partial charge in [0.25, 0.3) is 0 Å². The molecule has 3 heteroatoms. The van der Waals surface area contributed by atoms with E-state index in [-0.39, 0.29) is 0 Å². The van der Waals surface area contributed by atoms with Gasteiger partial charge < -0.3 is 5.32 Å². The van der Waals surface area contributed by atoms with E-state index in [0.717, 1.165) is 19.5 Å². The molecule has 2 rings (SSSR count). The molecule has 0 aromatic heterocycles. The molecule has 1 aromatic rings. The van der Waals surface area contributed by atoms with Gasteiger partial charge in [0.15, 0.2) is 0 Å². The van der Waals surface area contributed by atoms with Crippen LogP contribution in [0.2, 0.25) is 0 Å². The summed E-state index contributed by atoms with van der Waals surface area (Å²) in [4.78, 5) is 0. The first kappa shape index (κ1) is 12.6. The fourth-order valence-electron chi connectivity index (χ4n) is 2.50. The minimum Gasteiger partial charge on any atom is -0.315 e. The van der Waals surface area contributed by atoms with E-state index in [4.69, 9.17) is 0 Å². The average molecular weight is 233 g/mol. The first-order chi connectivity index (χ1) is 8.20. The van der Waals surface area contributed by atoms with Crippen LogP contribution in [0.1, 0.15) is 36.1 Å². The Kier molecular flexibility index (Phi) is 4.15. The van der Waals surface area contributed by atoms with Gasteiger partial charge >= 0.3 is 0 Å². The molecule has 0 aliphatic carbocycles. The number of nitrogens with one attached hydrogen (secondary N) is 3. The van der Waals surface area contributed by atoms with Crippen molar-refractivity contribution in [3.63, 3.8) is 0 Å². The Bertz CT molecular complexity index is 376. The van der Waals surface area contributed by atoms with Gasteiger partial charge in [0.2, 0.25) is 0 Å². The zero-order valence-electron chi connectivity index (χ0n) is 11.0. The van der Waals surface area contributed by atoms with Crippen molar-refractivity contribution < 1.29 is 0 Å². The number of aryl methyl sites for hydroxylation is 2. The predicted octanol–water partition coefficient (Wildman–Crippen LogP) is 1.82. The Morgan fingerprint density at radius 2 is 2.12 bits per heavy atom. The summed E-state index contributed by atoms with van der Waals surface area (Å²) in [5, 5.41) is 3.38. The molecule has 1 aromatic carbocycles. The molecular formula is C14H23N3. The van der Waals surface area contributed by atoms with Crippen LogP contribution in [0, 0.1) is 13.8 Å². The zero-order chi connectivity index (χ0) is 12.3. The van der Waals surface area contributed by atoms with E-state index in [9.17, 15) is 0 Å². The summed E-state index contributed by atoms with van der Waals surface area (Å²) in [5.41, 5.74) is 10.9. The van der Waals surface area contributed by atoms with Crippen molar-refractivity contribution in [2.24, 2.45) is 0 Å². The molecule has 17 heavy (non-hydrogen) atoms. The molecule has 1 heterocycles. The third-order valence-corrected chi connectivity index (χ3v) is 3.42. The molecule has 0 spiro atoms. The van der Waals surface area contributed by atoms with E-state index in [2.05, 4.69) is 55.1 Å². The van der Waals surface area contributed by atoms with Gasteiger partial charge in [-0.3, -0.25) is 5.43 Å². The second-order valence-electron chi connectivity index (χ2n) is 4.94. The maximum atomic E-state index is 3.40. The van der Waals surface area contributed by atoms with Gasteiger partial charge in [0.05, 0.1) is 0 Å². The maximum Gasteiger partial charge on any atom is 0.0480 e. The number of likely N-dealkylation sites (N-methyl/N-ethyl adjacent to an activating group) is 1. The Morgan fingerprint density at radius 3 is 2.82 bits per heavy atom.